The number of aryl methyl sites for hydroxylation is 2. The molecule has 4 aromatic rings. The van der Waals surface area contributed by atoms with Crippen LogP contribution >= 0.6 is 27.3 Å². The molecule has 33 heavy (non-hydrogen) atoms. The van der Waals surface area contributed by atoms with Crippen molar-refractivity contribution in [1.82, 2.24) is 24.5 Å². The highest BCUT2D eigenvalue weighted by Crippen LogP contribution is 2.43. The van der Waals surface area contributed by atoms with Crippen LogP contribution in [0.5, 0.6) is 0 Å². The molecule has 0 spiro atoms. The number of nitrogens with zero attached hydrogens (tertiary/aromatic N) is 5. The monoisotopic (exact) mass is 537 g/mol. The minimum absolute atomic E-state index is 0.0295. The van der Waals surface area contributed by atoms with Crippen molar-refractivity contribution in [3.8, 4) is 11.1 Å². The average Bonchev–Trinajstić information content (AvgIpc) is 3.44. The summed E-state index contributed by atoms with van der Waals surface area (Å²) in [6, 6.07) is 1.26. The van der Waals surface area contributed by atoms with E-state index < -0.39 is 23.9 Å². The maximum atomic E-state index is 13.6. The summed E-state index contributed by atoms with van der Waals surface area (Å²) in [6.07, 6.45) is 2.11. The number of carbonyl (C=O) groups excluding carboxylic acids is 2. The molecule has 9 nitrogen and oxygen atoms in total. The lowest BCUT2D eigenvalue weighted by Gasteiger charge is -2.11. The Labute approximate surface area is 198 Å². The van der Waals surface area contributed by atoms with Crippen LogP contribution in [0.1, 0.15) is 33.9 Å². The number of alkyl halides is 2. The zero-order valence-electron chi connectivity index (χ0n) is 17.5. The Morgan fingerprint density at radius 1 is 1.27 bits per heavy atom. The van der Waals surface area contributed by atoms with Gasteiger partial charge in [0.15, 0.2) is 0 Å². The molecule has 0 saturated heterocycles. The molecule has 4 heterocycles. The zero-order valence-corrected chi connectivity index (χ0v) is 19.9. The van der Waals surface area contributed by atoms with E-state index in [-0.39, 0.29) is 21.8 Å². The summed E-state index contributed by atoms with van der Waals surface area (Å²) in [5.41, 5.74) is 6.94. The molecule has 0 bridgehead atoms. The van der Waals surface area contributed by atoms with E-state index in [1.165, 1.54) is 6.07 Å². The number of amides is 2. The van der Waals surface area contributed by atoms with Crippen LogP contribution in [0.15, 0.2) is 29.1 Å². The van der Waals surface area contributed by atoms with Gasteiger partial charge in [-0.1, -0.05) is 0 Å². The number of hydrogen-bond donors (Lipinski definition) is 2. The van der Waals surface area contributed by atoms with E-state index in [1.54, 1.807) is 41.9 Å². The van der Waals surface area contributed by atoms with Gasteiger partial charge >= 0.3 is 0 Å². The summed E-state index contributed by atoms with van der Waals surface area (Å²) in [6.45, 7) is 2.09. The Morgan fingerprint density at radius 2 is 2.03 bits per heavy atom. The lowest BCUT2D eigenvalue weighted by atomic mass is 10.0. The Morgan fingerprint density at radius 3 is 2.61 bits per heavy atom. The highest BCUT2D eigenvalue weighted by atomic mass is 79.9. The van der Waals surface area contributed by atoms with Gasteiger partial charge < -0.3 is 11.1 Å². The number of thiophene rings is 1. The van der Waals surface area contributed by atoms with Gasteiger partial charge in [-0.25, -0.2) is 13.8 Å². The van der Waals surface area contributed by atoms with E-state index in [0.29, 0.717) is 23.1 Å². The number of hydrogen-bond acceptors (Lipinski definition) is 6. The fourth-order valence-electron chi connectivity index (χ4n) is 3.38. The van der Waals surface area contributed by atoms with Crippen molar-refractivity contribution < 1.29 is 18.4 Å². The van der Waals surface area contributed by atoms with Crippen molar-refractivity contribution in [2.75, 3.05) is 5.32 Å². The van der Waals surface area contributed by atoms with Crippen LogP contribution in [-0.4, -0.2) is 36.4 Å². The fraction of sp³-hybridized carbons (Fsp3) is 0.250. The smallest absolute Gasteiger partial charge is 0.280 e. The number of carbonyl (C=O) groups is 2. The third-order valence-corrected chi connectivity index (χ3v) is 6.60. The standard InChI is InChI=1S/C20H18BrF2N7O2S/c1-9-12(7-25-29(9)2)11-5-13(18(22)23)27-20-15(11)16(17(33-20)19(24)32)28-14(31)3-4-30-8-10(21)6-26-30/h5-8,18H,3-4H2,1-2H3,(H2,24,32)(H,28,31). The zero-order chi connectivity index (χ0) is 23.9. The summed E-state index contributed by atoms with van der Waals surface area (Å²) in [7, 11) is 1.73. The number of pyridine rings is 1. The van der Waals surface area contributed by atoms with Gasteiger partial charge in [-0.05, 0) is 34.5 Å². The normalized spacial score (nSPS) is 11.5. The second-order valence-corrected chi connectivity index (χ2v) is 9.15. The van der Waals surface area contributed by atoms with E-state index in [2.05, 4.69) is 36.4 Å². The summed E-state index contributed by atoms with van der Waals surface area (Å²) < 4.78 is 31.1. The van der Waals surface area contributed by atoms with Gasteiger partial charge in [0.1, 0.15) is 15.4 Å². The first-order chi connectivity index (χ1) is 15.7. The third-order valence-electron chi connectivity index (χ3n) is 5.09. The molecule has 0 unspecified atom stereocenters. The highest BCUT2D eigenvalue weighted by molar-refractivity contribution is 9.10. The first-order valence-electron chi connectivity index (χ1n) is 9.68. The molecule has 172 valence electrons. The number of nitrogens with two attached hydrogens (primary N) is 1. The molecule has 0 fully saturated rings. The molecule has 0 saturated carbocycles. The number of primary amides is 1. The van der Waals surface area contributed by atoms with Gasteiger partial charge in [-0.15, -0.1) is 11.3 Å². The minimum Gasteiger partial charge on any atom is -0.365 e. The van der Waals surface area contributed by atoms with Crippen LogP contribution in [-0.2, 0) is 18.4 Å². The van der Waals surface area contributed by atoms with E-state index in [1.807, 2.05) is 0 Å². The quantitative estimate of drug-likeness (QED) is 0.368. The van der Waals surface area contributed by atoms with E-state index in [4.69, 9.17) is 5.73 Å². The van der Waals surface area contributed by atoms with Crippen molar-refractivity contribution in [2.24, 2.45) is 12.8 Å². The molecule has 0 radical (unpaired) electrons. The number of halogens is 3. The fourth-order valence-corrected chi connectivity index (χ4v) is 4.72. The molecule has 2 amide bonds. The molecule has 0 aromatic carbocycles. The van der Waals surface area contributed by atoms with Crippen molar-refractivity contribution in [1.29, 1.82) is 0 Å². The molecule has 4 rings (SSSR count). The van der Waals surface area contributed by atoms with Gasteiger partial charge in [-0.2, -0.15) is 10.2 Å². The molecular formula is C20H18BrF2N7O2S. The second-order valence-electron chi connectivity index (χ2n) is 7.23. The third kappa shape index (κ3) is 4.50. The van der Waals surface area contributed by atoms with E-state index in [0.717, 1.165) is 21.5 Å². The molecule has 0 aliphatic rings. The lowest BCUT2D eigenvalue weighted by Crippen LogP contribution is -2.18. The average molecular weight is 538 g/mol. The largest absolute Gasteiger partial charge is 0.365 e. The molecule has 0 aliphatic heterocycles. The molecule has 4 aromatic heterocycles. The molecule has 0 aliphatic carbocycles. The lowest BCUT2D eigenvalue weighted by molar-refractivity contribution is -0.116. The summed E-state index contributed by atoms with van der Waals surface area (Å²) in [5, 5.41) is 11.4. The number of anilines is 1. The number of aromatic nitrogens is 5. The maximum Gasteiger partial charge on any atom is 0.280 e. The van der Waals surface area contributed by atoms with E-state index >= 15 is 0 Å². The summed E-state index contributed by atoms with van der Waals surface area (Å²) in [5.74, 6) is -1.19. The van der Waals surface area contributed by atoms with Crippen LogP contribution in [0, 0.1) is 6.92 Å². The summed E-state index contributed by atoms with van der Waals surface area (Å²) >= 11 is 4.15. The summed E-state index contributed by atoms with van der Waals surface area (Å²) in [4.78, 5) is 29.1. The van der Waals surface area contributed by atoms with Crippen LogP contribution in [0.4, 0.5) is 14.5 Å². The molecule has 13 heteroatoms. The van der Waals surface area contributed by atoms with Crippen molar-refractivity contribution >= 4 is 55.0 Å². The minimum atomic E-state index is -2.82. The Hall–Kier alpha value is -3.19. The number of fused-ring (bicyclic) bond motifs is 1. The topological polar surface area (TPSA) is 121 Å². The number of rotatable bonds is 7. The van der Waals surface area contributed by atoms with E-state index in [9.17, 15) is 18.4 Å². The predicted octanol–water partition coefficient (Wildman–Crippen LogP) is 4.03. The van der Waals surface area contributed by atoms with Crippen molar-refractivity contribution in [3.63, 3.8) is 0 Å². The van der Waals surface area contributed by atoms with Crippen LogP contribution in [0.25, 0.3) is 21.3 Å². The van der Waals surface area contributed by atoms with Gasteiger partial charge in [0.25, 0.3) is 12.3 Å². The van der Waals surface area contributed by atoms with Gasteiger partial charge in [0.2, 0.25) is 5.91 Å². The molecule has 3 N–H and O–H groups in total. The Bertz CT molecular complexity index is 1380. The first-order valence-corrected chi connectivity index (χ1v) is 11.3. The van der Waals surface area contributed by atoms with Crippen LogP contribution in [0.2, 0.25) is 0 Å². The highest BCUT2D eigenvalue weighted by Gasteiger charge is 2.26. The van der Waals surface area contributed by atoms with Gasteiger partial charge in [0, 0.05) is 42.9 Å². The van der Waals surface area contributed by atoms with Crippen LogP contribution in [0.3, 0.4) is 0 Å². The van der Waals surface area contributed by atoms with Crippen molar-refractivity contribution in [2.45, 2.75) is 26.3 Å². The Kier molecular flexibility index (Phi) is 6.26. The number of nitrogens with one attached hydrogen (secondary N) is 1. The SMILES string of the molecule is Cc1c(-c2cc(C(F)F)nc3sc(C(N)=O)c(NC(=O)CCn4cc(Br)cn4)c23)cnn1C. The second kappa shape index (κ2) is 8.98. The Balaban J connectivity index is 1.82. The predicted molar refractivity (Wildman–Crippen MR) is 123 cm³/mol. The molecular weight excluding hydrogens is 520 g/mol. The maximum absolute atomic E-state index is 13.6. The van der Waals surface area contributed by atoms with Crippen molar-refractivity contribution in [3.05, 3.63) is 45.4 Å². The van der Waals surface area contributed by atoms with Crippen LogP contribution < -0.4 is 11.1 Å². The first kappa shape index (κ1) is 23.0. The molecule has 0 atom stereocenters. The van der Waals surface area contributed by atoms with Gasteiger partial charge in [-0.3, -0.25) is 19.0 Å². The van der Waals surface area contributed by atoms with Gasteiger partial charge in [0.05, 0.1) is 22.6 Å².